The minimum Gasteiger partial charge on any atom is -0.339 e. The molecule has 146 valence electrons. The summed E-state index contributed by atoms with van der Waals surface area (Å²) >= 11 is 0. The maximum Gasteiger partial charge on any atom is 0.231 e. The highest BCUT2D eigenvalue weighted by molar-refractivity contribution is 5.71. The third-order valence-electron chi connectivity index (χ3n) is 5.31. The number of aryl methyl sites for hydroxylation is 1. The first-order valence-electron chi connectivity index (χ1n) is 9.68. The van der Waals surface area contributed by atoms with E-state index in [1.165, 1.54) is 0 Å². The van der Waals surface area contributed by atoms with Gasteiger partial charge in [-0.3, -0.25) is 4.57 Å². The SMILES string of the molecule is Cc1ccc2c(c1)-c1ncnn1Cc1c(-c3noc(Cc4ccccc4)n3)ncn1-2. The molecule has 8 heteroatoms. The van der Waals surface area contributed by atoms with Crippen LogP contribution >= 0.6 is 0 Å². The van der Waals surface area contributed by atoms with Crippen molar-refractivity contribution in [2.45, 2.75) is 19.9 Å². The van der Waals surface area contributed by atoms with Gasteiger partial charge in [-0.15, -0.1) is 0 Å². The summed E-state index contributed by atoms with van der Waals surface area (Å²) in [5.74, 6) is 1.87. The van der Waals surface area contributed by atoms with Crippen molar-refractivity contribution in [2.75, 3.05) is 0 Å². The zero-order chi connectivity index (χ0) is 20.1. The Labute approximate surface area is 171 Å². The van der Waals surface area contributed by atoms with Gasteiger partial charge in [0.1, 0.15) is 18.3 Å². The molecule has 0 spiro atoms. The van der Waals surface area contributed by atoms with Gasteiger partial charge >= 0.3 is 0 Å². The van der Waals surface area contributed by atoms with Crippen molar-refractivity contribution in [3.05, 3.63) is 83.9 Å². The largest absolute Gasteiger partial charge is 0.339 e. The van der Waals surface area contributed by atoms with E-state index in [-0.39, 0.29) is 0 Å². The van der Waals surface area contributed by atoms with Gasteiger partial charge in [0.2, 0.25) is 11.7 Å². The molecule has 0 N–H and O–H groups in total. The van der Waals surface area contributed by atoms with Crippen molar-refractivity contribution in [2.24, 2.45) is 0 Å². The van der Waals surface area contributed by atoms with Crippen LogP contribution in [-0.4, -0.2) is 34.5 Å². The molecule has 0 atom stereocenters. The van der Waals surface area contributed by atoms with Gasteiger partial charge in [-0.05, 0) is 24.6 Å². The van der Waals surface area contributed by atoms with Crippen LogP contribution in [0, 0.1) is 6.92 Å². The fraction of sp³-hybridized carbons (Fsp3) is 0.136. The second-order valence-electron chi connectivity index (χ2n) is 7.35. The van der Waals surface area contributed by atoms with Gasteiger partial charge in [0, 0.05) is 5.56 Å². The molecule has 0 bridgehead atoms. The van der Waals surface area contributed by atoms with Gasteiger partial charge in [-0.1, -0.05) is 47.1 Å². The Kier molecular flexibility index (Phi) is 3.64. The predicted octanol–water partition coefficient (Wildman–Crippen LogP) is 3.44. The third-order valence-corrected chi connectivity index (χ3v) is 5.31. The number of hydrogen-bond acceptors (Lipinski definition) is 6. The zero-order valence-corrected chi connectivity index (χ0v) is 16.2. The summed E-state index contributed by atoms with van der Waals surface area (Å²) < 4.78 is 9.45. The van der Waals surface area contributed by atoms with E-state index in [1.807, 2.05) is 35.0 Å². The number of benzene rings is 2. The molecule has 1 aliphatic heterocycles. The lowest BCUT2D eigenvalue weighted by atomic mass is 10.1. The van der Waals surface area contributed by atoms with Gasteiger partial charge in [0.25, 0.3) is 0 Å². The highest BCUT2D eigenvalue weighted by Gasteiger charge is 2.26. The van der Waals surface area contributed by atoms with Crippen molar-refractivity contribution in [1.82, 2.24) is 34.5 Å². The number of nitrogens with zero attached hydrogens (tertiary/aromatic N) is 7. The van der Waals surface area contributed by atoms with E-state index >= 15 is 0 Å². The van der Waals surface area contributed by atoms with Gasteiger partial charge in [-0.25, -0.2) is 14.6 Å². The highest BCUT2D eigenvalue weighted by atomic mass is 16.5. The summed E-state index contributed by atoms with van der Waals surface area (Å²) in [6.07, 6.45) is 3.97. The summed E-state index contributed by atoms with van der Waals surface area (Å²) in [6, 6.07) is 16.3. The van der Waals surface area contributed by atoms with Crippen LogP contribution in [-0.2, 0) is 13.0 Å². The van der Waals surface area contributed by atoms with Crippen molar-refractivity contribution in [1.29, 1.82) is 0 Å². The van der Waals surface area contributed by atoms with E-state index in [0.29, 0.717) is 30.4 Å². The van der Waals surface area contributed by atoms with E-state index in [2.05, 4.69) is 54.9 Å². The molecule has 3 aromatic heterocycles. The minimum absolute atomic E-state index is 0.479. The molecule has 1 aliphatic rings. The third kappa shape index (κ3) is 2.65. The molecule has 0 amide bonds. The van der Waals surface area contributed by atoms with Crippen LogP contribution in [0.25, 0.3) is 28.6 Å². The number of fused-ring (bicyclic) bond motifs is 5. The van der Waals surface area contributed by atoms with Crippen LogP contribution in [0.3, 0.4) is 0 Å². The van der Waals surface area contributed by atoms with Crippen LogP contribution in [0.5, 0.6) is 0 Å². The van der Waals surface area contributed by atoms with Crippen LogP contribution in [0.2, 0.25) is 0 Å². The van der Waals surface area contributed by atoms with Crippen LogP contribution in [0.4, 0.5) is 0 Å². The topological polar surface area (TPSA) is 87.4 Å². The summed E-state index contributed by atoms with van der Waals surface area (Å²) in [6.45, 7) is 2.58. The summed E-state index contributed by atoms with van der Waals surface area (Å²) in [5, 5.41) is 8.62. The Morgan fingerprint density at radius 1 is 1.07 bits per heavy atom. The smallest absolute Gasteiger partial charge is 0.231 e. The molecule has 0 aliphatic carbocycles. The fourth-order valence-electron chi connectivity index (χ4n) is 3.88. The Morgan fingerprint density at radius 3 is 2.87 bits per heavy atom. The molecule has 30 heavy (non-hydrogen) atoms. The molecular weight excluding hydrogens is 378 g/mol. The summed E-state index contributed by atoms with van der Waals surface area (Å²) in [7, 11) is 0. The molecule has 0 saturated heterocycles. The van der Waals surface area contributed by atoms with Crippen LogP contribution in [0.15, 0.2) is 65.7 Å². The van der Waals surface area contributed by atoms with Gasteiger partial charge in [0.05, 0.1) is 24.3 Å². The standard InChI is InChI=1S/C22H17N7O/c1-14-7-8-17-16(9-14)22-23-12-25-29(22)11-18-20(24-13-28(17)18)21-26-19(30-27-21)10-15-5-3-2-4-6-15/h2-9,12-13H,10-11H2,1H3. The van der Waals surface area contributed by atoms with Crippen LogP contribution in [0.1, 0.15) is 22.7 Å². The average molecular weight is 395 g/mol. The molecule has 0 fully saturated rings. The lowest BCUT2D eigenvalue weighted by Crippen LogP contribution is -2.06. The maximum absolute atomic E-state index is 5.51. The summed E-state index contributed by atoms with van der Waals surface area (Å²) in [5.41, 5.74) is 5.94. The minimum atomic E-state index is 0.479. The summed E-state index contributed by atoms with van der Waals surface area (Å²) in [4.78, 5) is 13.7. The van der Waals surface area contributed by atoms with Crippen molar-refractivity contribution >= 4 is 0 Å². The Morgan fingerprint density at radius 2 is 1.97 bits per heavy atom. The van der Waals surface area contributed by atoms with E-state index in [4.69, 9.17) is 4.52 Å². The quantitative estimate of drug-likeness (QED) is 0.456. The van der Waals surface area contributed by atoms with E-state index in [9.17, 15) is 0 Å². The number of imidazole rings is 1. The number of hydrogen-bond donors (Lipinski definition) is 0. The number of rotatable bonds is 3. The monoisotopic (exact) mass is 395 g/mol. The normalized spacial score (nSPS) is 12.2. The van der Waals surface area contributed by atoms with Crippen molar-refractivity contribution in [3.63, 3.8) is 0 Å². The molecule has 0 unspecified atom stereocenters. The zero-order valence-electron chi connectivity index (χ0n) is 16.2. The van der Waals surface area contributed by atoms with E-state index in [0.717, 1.165) is 33.9 Å². The molecule has 6 rings (SSSR count). The molecular formula is C22H17N7O. The Hall–Kier alpha value is -4.07. The average Bonchev–Trinajstić information content (AvgIpc) is 3.48. The number of aromatic nitrogens is 7. The Balaban J connectivity index is 1.45. The molecule has 5 aromatic rings. The molecule has 4 heterocycles. The van der Waals surface area contributed by atoms with Crippen molar-refractivity contribution < 1.29 is 4.52 Å². The van der Waals surface area contributed by atoms with Crippen molar-refractivity contribution in [3.8, 4) is 28.6 Å². The molecule has 8 nitrogen and oxygen atoms in total. The first-order valence-corrected chi connectivity index (χ1v) is 9.68. The fourth-order valence-corrected chi connectivity index (χ4v) is 3.88. The lowest BCUT2D eigenvalue weighted by Gasteiger charge is -2.09. The van der Waals surface area contributed by atoms with Gasteiger partial charge < -0.3 is 4.52 Å². The molecule has 0 saturated carbocycles. The lowest BCUT2D eigenvalue weighted by molar-refractivity contribution is 0.385. The van der Waals surface area contributed by atoms with Gasteiger partial charge in [0.15, 0.2) is 5.82 Å². The molecule has 2 aromatic carbocycles. The van der Waals surface area contributed by atoms with Crippen LogP contribution < -0.4 is 0 Å². The first-order chi connectivity index (χ1) is 14.8. The highest BCUT2D eigenvalue weighted by Crippen LogP contribution is 2.33. The van der Waals surface area contributed by atoms with E-state index in [1.54, 1.807) is 12.7 Å². The second-order valence-corrected chi connectivity index (χ2v) is 7.35. The first kappa shape index (κ1) is 16.8. The maximum atomic E-state index is 5.51. The second kappa shape index (κ2) is 6.48. The predicted molar refractivity (Wildman–Crippen MR) is 109 cm³/mol. The molecule has 0 radical (unpaired) electrons. The van der Waals surface area contributed by atoms with E-state index < -0.39 is 0 Å². The Bertz CT molecular complexity index is 1360. The van der Waals surface area contributed by atoms with Gasteiger partial charge in [-0.2, -0.15) is 10.1 Å².